The van der Waals surface area contributed by atoms with E-state index in [1.54, 1.807) is 18.3 Å². The van der Waals surface area contributed by atoms with Gasteiger partial charge in [-0.25, -0.2) is 0 Å². The highest BCUT2D eigenvalue weighted by Crippen LogP contribution is 2.30. The number of benzene rings is 1. The first-order valence-electron chi connectivity index (χ1n) is 6.35. The number of Topliss-reactive ketones (excluding diaryl/α,β-unsaturated/α-hetero) is 1. The lowest BCUT2D eigenvalue weighted by Crippen LogP contribution is -2.10. The van der Waals surface area contributed by atoms with Crippen molar-refractivity contribution in [2.24, 2.45) is 5.92 Å². The second kappa shape index (κ2) is 4.30. The molecule has 0 spiro atoms. The maximum atomic E-state index is 12.4. The molecular formula is C15H14N2O. The van der Waals surface area contributed by atoms with Crippen molar-refractivity contribution in [3.8, 4) is 6.07 Å². The third-order valence-electron chi connectivity index (χ3n) is 3.80. The Morgan fingerprint density at radius 3 is 2.83 bits per heavy atom. The highest BCUT2D eigenvalue weighted by Gasteiger charge is 2.25. The number of nitrogens with one attached hydrogen (secondary N) is 1. The van der Waals surface area contributed by atoms with Crippen LogP contribution in [-0.2, 0) is 0 Å². The molecule has 1 N–H and O–H groups in total. The number of aromatic amines is 1. The number of hydrogen-bond acceptors (Lipinski definition) is 2. The summed E-state index contributed by atoms with van der Waals surface area (Å²) in [5.41, 5.74) is 2.27. The third kappa shape index (κ3) is 1.70. The topological polar surface area (TPSA) is 56.6 Å². The fourth-order valence-electron chi connectivity index (χ4n) is 2.80. The van der Waals surface area contributed by atoms with Crippen LogP contribution in [0, 0.1) is 17.2 Å². The molecule has 1 aromatic heterocycles. The van der Waals surface area contributed by atoms with Gasteiger partial charge in [0.1, 0.15) is 0 Å². The van der Waals surface area contributed by atoms with E-state index in [1.807, 2.05) is 6.07 Å². The Morgan fingerprint density at radius 1 is 1.33 bits per heavy atom. The van der Waals surface area contributed by atoms with Crippen molar-refractivity contribution in [2.45, 2.75) is 25.7 Å². The van der Waals surface area contributed by atoms with Crippen molar-refractivity contribution in [3.05, 3.63) is 35.5 Å². The zero-order chi connectivity index (χ0) is 12.5. The maximum absolute atomic E-state index is 12.4. The lowest BCUT2D eigenvalue weighted by atomic mass is 9.95. The first-order chi connectivity index (χ1) is 8.79. The molecule has 1 aliphatic carbocycles. The second-order valence-corrected chi connectivity index (χ2v) is 4.92. The predicted molar refractivity (Wildman–Crippen MR) is 69.3 cm³/mol. The Labute approximate surface area is 105 Å². The summed E-state index contributed by atoms with van der Waals surface area (Å²) in [6, 6.07) is 7.55. The number of fused-ring (bicyclic) bond motifs is 1. The fraction of sp³-hybridized carbons (Fsp3) is 0.333. The van der Waals surface area contributed by atoms with Crippen LogP contribution < -0.4 is 0 Å². The molecule has 0 saturated heterocycles. The molecule has 3 rings (SSSR count). The van der Waals surface area contributed by atoms with Gasteiger partial charge < -0.3 is 4.98 Å². The summed E-state index contributed by atoms with van der Waals surface area (Å²) in [7, 11) is 0. The molecule has 3 nitrogen and oxygen atoms in total. The summed E-state index contributed by atoms with van der Waals surface area (Å²) in [5, 5.41) is 9.81. The highest BCUT2D eigenvalue weighted by atomic mass is 16.1. The van der Waals surface area contributed by atoms with Gasteiger partial charge in [-0.15, -0.1) is 0 Å². The highest BCUT2D eigenvalue weighted by molar-refractivity contribution is 6.09. The molecule has 0 amide bonds. The molecule has 1 saturated carbocycles. The first kappa shape index (κ1) is 11.0. The van der Waals surface area contributed by atoms with E-state index in [0.29, 0.717) is 5.56 Å². The molecule has 0 radical (unpaired) electrons. The predicted octanol–water partition coefficient (Wildman–Crippen LogP) is 3.41. The van der Waals surface area contributed by atoms with Crippen LogP contribution in [0.1, 0.15) is 41.6 Å². The SMILES string of the molecule is N#Cc1ccc2[nH]cc(C(=O)C3CCCC3)c2c1. The van der Waals surface area contributed by atoms with Gasteiger partial charge in [-0.3, -0.25) is 4.79 Å². The van der Waals surface area contributed by atoms with Gasteiger partial charge in [0.25, 0.3) is 0 Å². The van der Waals surface area contributed by atoms with Crippen molar-refractivity contribution >= 4 is 16.7 Å². The van der Waals surface area contributed by atoms with E-state index >= 15 is 0 Å². The number of ketones is 1. The molecule has 1 heterocycles. The molecule has 18 heavy (non-hydrogen) atoms. The van der Waals surface area contributed by atoms with Crippen LogP contribution in [0.3, 0.4) is 0 Å². The lowest BCUT2D eigenvalue weighted by Gasteiger charge is -2.06. The fourth-order valence-corrected chi connectivity index (χ4v) is 2.80. The molecule has 90 valence electrons. The van der Waals surface area contributed by atoms with E-state index in [9.17, 15) is 4.79 Å². The van der Waals surface area contributed by atoms with Crippen LogP contribution in [0.25, 0.3) is 10.9 Å². The smallest absolute Gasteiger partial charge is 0.168 e. The Kier molecular flexibility index (Phi) is 2.64. The Bertz CT molecular complexity index is 642. The molecule has 1 fully saturated rings. The van der Waals surface area contributed by atoms with Crippen molar-refractivity contribution in [2.75, 3.05) is 0 Å². The van der Waals surface area contributed by atoms with Crippen LogP contribution in [0.4, 0.5) is 0 Å². The van der Waals surface area contributed by atoms with Crippen molar-refractivity contribution in [1.29, 1.82) is 5.26 Å². The van der Waals surface area contributed by atoms with Gasteiger partial charge in [-0.05, 0) is 31.0 Å². The van der Waals surface area contributed by atoms with Crippen LogP contribution >= 0.6 is 0 Å². The summed E-state index contributed by atoms with van der Waals surface area (Å²) in [5.74, 6) is 0.406. The minimum atomic E-state index is 0.176. The Hall–Kier alpha value is -2.08. The van der Waals surface area contributed by atoms with Crippen LogP contribution in [-0.4, -0.2) is 10.8 Å². The third-order valence-corrected chi connectivity index (χ3v) is 3.80. The molecular weight excluding hydrogens is 224 g/mol. The lowest BCUT2D eigenvalue weighted by molar-refractivity contribution is 0.0924. The van der Waals surface area contributed by atoms with Crippen molar-refractivity contribution in [3.63, 3.8) is 0 Å². The van der Waals surface area contributed by atoms with Gasteiger partial charge in [0.15, 0.2) is 5.78 Å². The standard InChI is InChI=1S/C15H14N2O/c16-8-10-5-6-14-12(7-10)13(9-17-14)15(18)11-3-1-2-4-11/h5-7,9,11,17H,1-4H2. The molecule has 3 heteroatoms. The summed E-state index contributed by atoms with van der Waals surface area (Å²) >= 11 is 0. The molecule has 0 unspecified atom stereocenters. The van der Waals surface area contributed by atoms with Gasteiger partial charge in [0, 0.05) is 28.6 Å². The van der Waals surface area contributed by atoms with Gasteiger partial charge in [0.05, 0.1) is 11.6 Å². The van der Waals surface area contributed by atoms with Gasteiger partial charge in [0.2, 0.25) is 0 Å². The average Bonchev–Trinajstić information content (AvgIpc) is 3.06. The summed E-state index contributed by atoms with van der Waals surface area (Å²) in [4.78, 5) is 15.5. The van der Waals surface area contributed by atoms with E-state index in [2.05, 4.69) is 11.1 Å². The van der Waals surface area contributed by atoms with E-state index < -0.39 is 0 Å². The number of nitrogens with zero attached hydrogens (tertiary/aromatic N) is 1. The quantitative estimate of drug-likeness (QED) is 0.815. The Balaban J connectivity index is 2.06. The summed E-state index contributed by atoms with van der Waals surface area (Å²) < 4.78 is 0. The van der Waals surface area contributed by atoms with Crippen LogP contribution in [0.5, 0.6) is 0 Å². The van der Waals surface area contributed by atoms with E-state index in [-0.39, 0.29) is 11.7 Å². The first-order valence-corrected chi connectivity index (χ1v) is 6.35. The number of H-pyrrole nitrogens is 1. The summed E-state index contributed by atoms with van der Waals surface area (Å²) in [6.45, 7) is 0. The Morgan fingerprint density at radius 2 is 2.11 bits per heavy atom. The molecule has 0 aliphatic heterocycles. The molecule has 1 aliphatic rings. The van der Waals surface area contributed by atoms with E-state index in [0.717, 1.165) is 42.1 Å². The number of hydrogen-bond donors (Lipinski definition) is 1. The largest absolute Gasteiger partial charge is 0.360 e. The molecule has 2 aromatic rings. The minimum absolute atomic E-state index is 0.176. The monoisotopic (exact) mass is 238 g/mol. The van der Waals surface area contributed by atoms with Crippen LogP contribution in [0.15, 0.2) is 24.4 Å². The van der Waals surface area contributed by atoms with Gasteiger partial charge in [-0.1, -0.05) is 12.8 Å². The maximum Gasteiger partial charge on any atom is 0.168 e. The van der Waals surface area contributed by atoms with Gasteiger partial charge >= 0.3 is 0 Å². The van der Waals surface area contributed by atoms with Gasteiger partial charge in [-0.2, -0.15) is 5.26 Å². The number of carbonyl (C=O) groups is 1. The number of nitriles is 1. The van der Waals surface area contributed by atoms with Crippen molar-refractivity contribution < 1.29 is 4.79 Å². The summed E-state index contributed by atoms with van der Waals surface area (Å²) in [6.07, 6.45) is 6.10. The normalized spacial score (nSPS) is 15.9. The van der Waals surface area contributed by atoms with Crippen molar-refractivity contribution in [1.82, 2.24) is 4.98 Å². The molecule has 0 bridgehead atoms. The number of carbonyl (C=O) groups excluding carboxylic acids is 1. The average molecular weight is 238 g/mol. The van der Waals surface area contributed by atoms with E-state index in [1.165, 1.54) is 0 Å². The zero-order valence-corrected chi connectivity index (χ0v) is 10.1. The zero-order valence-electron chi connectivity index (χ0n) is 10.1. The van der Waals surface area contributed by atoms with Crippen LogP contribution in [0.2, 0.25) is 0 Å². The molecule has 1 aromatic carbocycles. The minimum Gasteiger partial charge on any atom is -0.360 e. The number of aromatic nitrogens is 1. The van der Waals surface area contributed by atoms with E-state index in [4.69, 9.17) is 5.26 Å². The molecule has 0 atom stereocenters. The number of rotatable bonds is 2. The second-order valence-electron chi connectivity index (χ2n) is 4.92.